The molecule has 0 saturated carbocycles. The Labute approximate surface area is 118 Å². The van der Waals surface area contributed by atoms with Crippen molar-refractivity contribution in [3.8, 4) is 0 Å². The van der Waals surface area contributed by atoms with Crippen LogP contribution in [0.5, 0.6) is 0 Å². The molecule has 3 amide bonds. The molecule has 2 N–H and O–H groups in total. The summed E-state index contributed by atoms with van der Waals surface area (Å²) in [7, 11) is 0. The SMILES string of the molecule is CCN(CC(=O)O)C(=O)[C@@H]1CCCN1C(=O)NC(C)C. The van der Waals surface area contributed by atoms with E-state index in [-0.39, 0.29) is 24.5 Å². The molecule has 20 heavy (non-hydrogen) atoms. The van der Waals surface area contributed by atoms with Gasteiger partial charge in [0.05, 0.1) is 0 Å². The monoisotopic (exact) mass is 285 g/mol. The molecule has 0 spiro atoms. The first-order valence-electron chi connectivity index (χ1n) is 6.94. The standard InChI is InChI=1S/C13H23N3O4/c1-4-15(8-11(17)18)12(19)10-6-5-7-16(10)13(20)14-9(2)3/h9-10H,4-8H2,1-3H3,(H,14,20)(H,17,18)/t10-/m0/s1. The highest BCUT2D eigenvalue weighted by Crippen LogP contribution is 2.19. The van der Waals surface area contributed by atoms with Crippen LogP contribution in [0.1, 0.15) is 33.6 Å². The minimum absolute atomic E-state index is 0.000139. The van der Waals surface area contributed by atoms with E-state index < -0.39 is 12.0 Å². The number of likely N-dealkylation sites (N-methyl/N-ethyl adjacent to an activating group) is 1. The van der Waals surface area contributed by atoms with Crippen molar-refractivity contribution in [3.63, 3.8) is 0 Å². The van der Waals surface area contributed by atoms with Gasteiger partial charge in [0.25, 0.3) is 0 Å². The largest absolute Gasteiger partial charge is 0.480 e. The maximum atomic E-state index is 12.4. The summed E-state index contributed by atoms with van der Waals surface area (Å²) in [5.41, 5.74) is 0. The Morgan fingerprint density at radius 2 is 2.05 bits per heavy atom. The van der Waals surface area contributed by atoms with Crippen molar-refractivity contribution < 1.29 is 19.5 Å². The molecule has 1 atom stereocenters. The minimum atomic E-state index is -1.05. The van der Waals surface area contributed by atoms with Gasteiger partial charge in [-0.3, -0.25) is 9.59 Å². The Morgan fingerprint density at radius 1 is 1.40 bits per heavy atom. The molecule has 7 nitrogen and oxygen atoms in total. The van der Waals surface area contributed by atoms with Crippen LogP contribution >= 0.6 is 0 Å². The van der Waals surface area contributed by atoms with Gasteiger partial charge in [-0.1, -0.05) is 0 Å². The van der Waals surface area contributed by atoms with Crippen molar-refractivity contribution >= 4 is 17.9 Å². The summed E-state index contributed by atoms with van der Waals surface area (Å²) in [6, 6.07) is -0.810. The highest BCUT2D eigenvalue weighted by molar-refractivity contribution is 5.89. The van der Waals surface area contributed by atoms with E-state index in [9.17, 15) is 14.4 Å². The van der Waals surface area contributed by atoms with Gasteiger partial charge in [0.1, 0.15) is 12.6 Å². The summed E-state index contributed by atoms with van der Waals surface area (Å²) >= 11 is 0. The van der Waals surface area contributed by atoms with Crippen LogP contribution in [0.15, 0.2) is 0 Å². The number of carboxylic acids is 1. The topological polar surface area (TPSA) is 90.0 Å². The van der Waals surface area contributed by atoms with Crippen molar-refractivity contribution in [2.45, 2.75) is 45.7 Å². The van der Waals surface area contributed by atoms with Crippen LogP contribution < -0.4 is 5.32 Å². The fourth-order valence-electron chi connectivity index (χ4n) is 2.32. The van der Waals surface area contributed by atoms with E-state index >= 15 is 0 Å². The number of hydrogen-bond donors (Lipinski definition) is 2. The molecule has 0 aromatic heterocycles. The Hall–Kier alpha value is -1.79. The number of hydrogen-bond acceptors (Lipinski definition) is 3. The number of aliphatic carboxylic acids is 1. The second-order valence-electron chi connectivity index (χ2n) is 5.20. The molecular formula is C13H23N3O4. The van der Waals surface area contributed by atoms with Gasteiger partial charge in [-0.25, -0.2) is 4.79 Å². The average Bonchev–Trinajstić information content (AvgIpc) is 2.83. The highest BCUT2D eigenvalue weighted by atomic mass is 16.4. The summed E-state index contributed by atoms with van der Waals surface area (Å²) in [5.74, 6) is -1.33. The number of rotatable bonds is 5. The van der Waals surface area contributed by atoms with Gasteiger partial charge in [-0.05, 0) is 33.6 Å². The highest BCUT2D eigenvalue weighted by Gasteiger charge is 2.36. The number of amides is 3. The molecule has 0 aliphatic carbocycles. The lowest BCUT2D eigenvalue weighted by Gasteiger charge is -2.29. The zero-order chi connectivity index (χ0) is 15.3. The summed E-state index contributed by atoms with van der Waals surface area (Å²) in [6.45, 7) is 5.96. The van der Waals surface area contributed by atoms with Gasteiger partial charge in [-0.15, -0.1) is 0 Å². The van der Waals surface area contributed by atoms with Crippen LogP contribution in [0, 0.1) is 0 Å². The maximum absolute atomic E-state index is 12.4. The second-order valence-corrected chi connectivity index (χ2v) is 5.20. The molecule has 1 heterocycles. The normalized spacial score (nSPS) is 18.2. The van der Waals surface area contributed by atoms with Gasteiger partial charge in [-0.2, -0.15) is 0 Å². The average molecular weight is 285 g/mol. The van der Waals surface area contributed by atoms with Crippen LogP contribution in [0.3, 0.4) is 0 Å². The molecule has 0 radical (unpaired) electrons. The van der Waals surface area contributed by atoms with Crippen LogP contribution in [0.25, 0.3) is 0 Å². The Morgan fingerprint density at radius 3 is 2.55 bits per heavy atom. The third-order valence-corrected chi connectivity index (χ3v) is 3.23. The summed E-state index contributed by atoms with van der Waals surface area (Å²) in [6.07, 6.45) is 1.34. The fourth-order valence-corrected chi connectivity index (χ4v) is 2.32. The van der Waals surface area contributed by atoms with Crippen molar-refractivity contribution in [2.24, 2.45) is 0 Å². The van der Waals surface area contributed by atoms with Crippen LogP contribution in [-0.2, 0) is 9.59 Å². The summed E-state index contributed by atoms with van der Waals surface area (Å²) < 4.78 is 0. The quantitative estimate of drug-likeness (QED) is 0.769. The van der Waals surface area contributed by atoms with Gasteiger partial charge in [0.2, 0.25) is 5.91 Å². The molecule has 1 aliphatic rings. The third-order valence-electron chi connectivity index (χ3n) is 3.23. The molecule has 114 valence electrons. The zero-order valence-corrected chi connectivity index (χ0v) is 12.3. The second kappa shape index (κ2) is 7.12. The number of carbonyl (C=O) groups is 3. The van der Waals surface area contributed by atoms with E-state index in [0.29, 0.717) is 19.5 Å². The van der Waals surface area contributed by atoms with Crippen molar-refractivity contribution in [2.75, 3.05) is 19.6 Å². The summed E-state index contributed by atoms with van der Waals surface area (Å²) in [5, 5.41) is 11.6. The third kappa shape index (κ3) is 4.11. The molecule has 7 heteroatoms. The number of nitrogens with one attached hydrogen (secondary N) is 1. The zero-order valence-electron chi connectivity index (χ0n) is 12.3. The minimum Gasteiger partial charge on any atom is -0.480 e. The van der Waals surface area contributed by atoms with E-state index in [4.69, 9.17) is 5.11 Å². The maximum Gasteiger partial charge on any atom is 0.323 e. The fraction of sp³-hybridized carbons (Fsp3) is 0.769. The molecule has 0 aromatic rings. The predicted molar refractivity (Wildman–Crippen MR) is 73.3 cm³/mol. The van der Waals surface area contributed by atoms with E-state index in [1.165, 1.54) is 9.80 Å². The molecule has 0 bridgehead atoms. The lowest BCUT2D eigenvalue weighted by atomic mass is 10.2. The van der Waals surface area contributed by atoms with E-state index in [1.807, 2.05) is 13.8 Å². The molecule has 1 saturated heterocycles. The number of urea groups is 1. The van der Waals surface area contributed by atoms with Gasteiger partial charge in [0, 0.05) is 19.1 Å². The first-order chi connectivity index (χ1) is 9.36. The number of nitrogens with zero attached hydrogens (tertiary/aromatic N) is 2. The first kappa shape index (κ1) is 16.3. The van der Waals surface area contributed by atoms with Gasteiger partial charge >= 0.3 is 12.0 Å². The van der Waals surface area contributed by atoms with E-state index in [2.05, 4.69) is 5.32 Å². The number of carbonyl (C=O) groups excluding carboxylic acids is 2. The van der Waals surface area contributed by atoms with Crippen LogP contribution in [-0.4, -0.2) is 64.5 Å². The van der Waals surface area contributed by atoms with Crippen molar-refractivity contribution in [1.82, 2.24) is 15.1 Å². The molecule has 1 aliphatic heterocycles. The van der Waals surface area contributed by atoms with Crippen molar-refractivity contribution in [3.05, 3.63) is 0 Å². The Bertz CT molecular complexity index is 384. The molecule has 1 rings (SSSR count). The summed E-state index contributed by atoms with van der Waals surface area (Å²) in [4.78, 5) is 37.9. The molecule has 0 unspecified atom stereocenters. The van der Waals surface area contributed by atoms with Gasteiger partial charge < -0.3 is 20.2 Å². The van der Waals surface area contributed by atoms with Crippen molar-refractivity contribution in [1.29, 1.82) is 0 Å². The van der Waals surface area contributed by atoms with E-state index in [1.54, 1.807) is 6.92 Å². The number of likely N-dealkylation sites (tertiary alicyclic amines) is 1. The molecular weight excluding hydrogens is 262 g/mol. The van der Waals surface area contributed by atoms with Crippen LogP contribution in [0.2, 0.25) is 0 Å². The van der Waals surface area contributed by atoms with E-state index in [0.717, 1.165) is 6.42 Å². The van der Waals surface area contributed by atoms with Crippen LogP contribution in [0.4, 0.5) is 4.79 Å². The lowest BCUT2D eigenvalue weighted by Crippen LogP contribution is -2.52. The van der Waals surface area contributed by atoms with Gasteiger partial charge in [0.15, 0.2) is 0 Å². The number of carboxylic acid groups (broad SMARTS) is 1. The lowest BCUT2D eigenvalue weighted by molar-refractivity contribution is -0.145. The molecule has 1 fully saturated rings. The first-order valence-corrected chi connectivity index (χ1v) is 6.94. The Balaban J connectivity index is 2.74. The predicted octanol–water partition coefficient (Wildman–Crippen LogP) is 0.502. The Kier molecular flexibility index (Phi) is 5.79. The smallest absolute Gasteiger partial charge is 0.323 e. The molecule has 0 aromatic carbocycles.